The molecule has 1 unspecified atom stereocenters. The van der Waals surface area contributed by atoms with E-state index in [2.05, 4.69) is 4.72 Å². The zero-order valence-corrected chi connectivity index (χ0v) is 16.2. The van der Waals surface area contributed by atoms with Crippen molar-refractivity contribution in [3.05, 3.63) is 57.5 Å². The molecule has 0 aliphatic rings. The molecule has 136 valence electrons. The van der Waals surface area contributed by atoms with E-state index >= 15 is 0 Å². The molecule has 5 nitrogen and oxygen atoms in total. The third-order valence-corrected chi connectivity index (χ3v) is 5.66. The van der Waals surface area contributed by atoms with Crippen LogP contribution in [0.5, 0.6) is 5.75 Å². The Morgan fingerprint density at radius 3 is 2.48 bits per heavy atom. The Bertz CT molecular complexity index is 831. The van der Waals surface area contributed by atoms with Crippen molar-refractivity contribution in [1.29, 1.82) is 0 Å². The first-order valence-electron chi connectivity index (χ1n) is 7.36. The van der Waals surface area contributed by atoms with Crippen LogP contribution < -0.4 is 15.2 Å². The summed E-state index contributed by atoms with van der Waals surface area (Å²) in [6.45, 7) is 0.394. The van der Waals surface area contributed by atoms with Gasteiger partial charge < -0.3 is 10.5 Å². The fraction of sp³-hybridized carbons (Fsp3) is 0.250. The van der Waals surface area contributed by atoms with E-state index in [9.17, 15) is 8.42 Å². The summed E-state index contributed by atoms with van der Waals surface area (Å²) < 4.78 is 32.5. The van der Waals surface area contributed by atoms with Gasteiger partial charge in [0.2, 0.25) is 10.0 Å². The normalized spacial score (nSPS) is 12.8. The van der Waals surface area contributed by atoms with Crippen LogP contribution in [-0.4, -0.2) is 27.6 Å². The average Bonchev–Trinajstić information content (AvgIpc) is 2.52. The number of nitrogens with one attached hydrogen (secondary N) is 1. The molecule has 2 rings (SSSR count). The minimum atomic E-state index is -3.73. The molecule has 0 saturated carbocycles. The van der Waals surface area contributed by atoms with Gasteiger partial charge in [-0.2, -0.15) is 0 Å². The predicted octanol–water partition coefficient (Wildman–Crippen LogP) is 3.72. The molecular weight excluding hydrogens is 407 g/mol. The summed E-state index contributed by atoms with van der Waals surface area (Å²) in [6, 6.07) is 10.8. The minimum Gasteiger partial charge on any atom is -0.492 e. The van der Waals surface area contributed by atoms with Crippen molar-refractivity contribution in [3.63, 3.8) is 0 Å². The first-order chi connectivity index (χ1) is 11.8. The quantitative estimate of drug-likeness (QED) is 0.678. The molecule has 0 bridgehead atoms. The molecule has 0 spiro atoms. The highest BCUT2D eigenvalue weighted by molar-refractivity contribution is 7.89. The number of halogens is 3. The number of hydrogen-bond donors (Lipinski definition) is 2. The molecule has 0 amide bonds. The van der Waals surface area contributed by atoms with Gasteiger partial charge in [0.15, 0.2) is 0 Å². The Hall–Kier alpha value is -1.02. The Morgan fingerprint density at radius 1 is 1.08 bits per heavy atom. The lowest BCUT2D eigenvalue weighted by Gasteiger charge is -2.14. The van der Waals surface area contributed by atoms with Crippen LogP contribution in [0.1, 0.15) is 6.42 Å². The van der Waals surface area contributed by atoms with Crippen molar-refractivity contribution in [3.8, 4) is 5.75 Å². The van der Waals surface area contributed by atoms with Crippen molar-refractivity contribution in [1.82, 2.24) is 4.72 Å². The van der Waals surface area contributed by atoms with Gasteiger partial charge in [0.25, 0.3) is 0 Å². The van der Waals surface area contributed by atoms with Gasteiger partial charge in [-0.25, -0.2) is 13.1 Å². The maximum absolute atomic E-state index is 12.2. The van der Waals surface area contributed by atoms with Crippen LogP contribution >= 0.6 is 34.8 Å². The largest absolute Gasteiger partial charge is 0.492 e. The standard InChI is InChI=1S/C16H17Cl3N2O3S/c17-11-2-1-3-14(8-11)24-10-13(20)6-7-21-25(22,23)16-5-4-12(18)9-15(16)19/h1-5,8-9,13,21H,6-7,10,20H2. The van der Waals surface area contributed by atoms with Gasteiger partial charge in [-0.05, 0) is 42.8 Å². The van der Waals surface area contributed by atoms with E-state index in [-0.39, 0.29) is 29.1 Å². The second-order valence-corrected chi connectivity index (χ2v) is 8.31. The lowest BCUT2D eigenvalue weighted by molar-refractivity contribution is 0.282. The molecule has 25 heavy (non-hydrogen) atoms. The number of ether oxygens (including phenoxy) is 1. The van der Waals surface area contributed by atoms with E-state index in [0.717, 1.165) is 0 Å². The monoisotopic (exact) mass is 422 g/mol. The SMILES string of the molecule is NC(CCNS(=O)(=O)c1ccc(Cl)cc1Cl)COc1cccc(Cl)c1. The summed E-state index contributed by atoms with van der Waals surface area (Å²) in [6.07, 6.45) is 0.394. The summed E-state index contributed by atoms with van der Waals surface area (Å²) in [4.78, 5) is -0.0256. The van der Waals surface area contributed by atoms with Crippen molar-refractivity contribution in [2.24, 2.45) is 5.73 Å². The number of sulfonamides is 1. The van der Waals surface area contributed by atoms with Gasteiger partial charge in [-0.15, -0.1) is 0 Å². The van der Waals surface area contributed by atoms with Crippen LogP contribution in [0.25, 0.3) is 0 Å². The first kappa shape index (κ1) is 20.3. The van der Waals surface area contributed by atoms with Gasteiger partial charge in [0.1, 0.15) is 17.3 Å². The first-order valence-corrected chi connectivity index (χ1v) is 9.98. The van der Waals surface area contributed by atoms with Gasteiger partial charge in [0, 0.05) is 22.6 Å². The van der Waals surface area contributed by atoms with E-state index in [0.29, 0.717) is 22.2 Å². The smallest absolute Gasteiger partial charge is 0.242 e. The van der Waals surface area contributed by atoms with E-state index in [1.165, 1.54) is 18.2 Å². The predicted molar refractivity (Wildman–Crippen MR) is 101 cm³/mol. The second-order valence-electron chi connectivity index (χ2n) is 5.29. The van der Waals surface area contributed by atoms with Crippen LogP contribution in [-0.2, 0) is 10.0 Å². The highest BCUT2D eigenvalue weighted by Gasteiger charge is 2.18. The lowest BCUT2D eigenvalue weighted by atomic mass is 10.2. The Labute approximate surface area is 162 Å². The number of nitrogens with two attached hydrogens (primary N) is 1. The molecule has 0 fully saturated rings. The van der Waals surface area contributed by atoms with Crippen LogP contribution in [0, 0.1) is 0 Å². The van der Waals surface area contributed by atoms with Gasteiger partial charge in [0.05, 0.1) is 5.02 Å². The summed E-state index contributed by atoms with van der Waals surface area (Å²) in [5.74, 6) is 0.608. The van der Waals surface area contributed by atoms with Crippen molar-refractivity contribution in [2.45, 2.75) is 17.4 Å². The summed E-state index contributed by atoms with van der Waals surface area (Å²) in [5, 5.41) is 0.997. The van der Waals surface area contributed by atoms with Gasteiger partial charge >= 0.3 is 0 Å². The molecular formula is C16H17Cl3N2O3S. The molecule has 0 heterocycles. The topological polar surface area (TPSA) is 81.4 Å². The van der Waals surface area contributed by atoms with Gasteiger partial charge in [-0.1, -0.05) is 40.9 Å². The fourth-order valence-corrected chi connectivity index (χ4v) is 3.99. The van der Waals surface area contributed by atoms with Crippen LogP contribution in [0.15, 0.2) is 47.4 Å². The highest BCUT2D eigenvalue weighted by Crippen LogP contribution is 2.24. The third-order valence-electron chi connectivity index (χ3n) is 3.25. The summed E-state index contributed by atoms with van der Waals surface area (Å²) in [5.41, 5.74) is 5.94. The maximum Gasteiger partial charge on any atom is 0.242 e. The van der Waals surface area contributed by atoms with E-state index < -0.39 is 10.0 Å². The Balaban J connectivity index is 1.82. The lowest BCUT2D eigenvalue weighted by Crippen LogP contribution is -2.34. The number of benzene rings is 2. The fourth-order valence-electron chi connectivity index (χ4n) is 1.99. The van der Waals surface area contributed by atoms with Gasteiger partial charge in [-0.3, -0.25) is 0 Å². The minimum absolute atomic E-state index is 0.0256. The van der Waals surface area contributed by atoms with Crippen LogP contribution in [0.2, 0.25) is 15.1 Å². The molecule has 2 aromatic rings. The molecule has 0 radical (unpaired) electrons. The Kier molecular flexibility index (Phi) is 7.37. The van der Waals surface area contributed by atoms with Crippen LogP contribution in [0.4, 0.5) is 0 Å². The molecule has 0 saturated heterocycles. The third kappa shape index (κ3) is 6.33. The summed E-state index contributed by atoms with van der Waals surface area (Å²) >= 11 is 17.6. The zero-order chi connectivity index (χ0) is 18.4. The molecule has 2 aromatic carbocycles. The zero-order valence-electron chi connectivity index (χ0n) is 13.1. The highest BCUT2D eigenvalue weighted by atomic mass is 35.5. The second kappa shape index (κ2) is 9.07. The molecule has 1 atom stereocenters. The number of rotatable bonds is 8. The van der Waals surface area contributed by atoms with Crippen molar-refractivity contribution in [2.75, 3.05) is 13.2 Å². The Morgan fingerprint density at radius 2 is 1.80 bits per heavy atom. The maximum atomic E-state index is 12.2. The van der Waals surface area contributed by atoms with Crippen molar-refractivity contribution >= 4 is 44.8 Å². The molecule has 0 aliphatic carbocycles. The van der Waals surface area contributed by atoms with E-state index in [1.807, 2.05) is 0 Å². The molecule has 0 aromatic heterocycles. The summed E-state index contributed by atoms with van der Waals surface area (Å²) in [7, 11) is -3.73. The van der Waals surface area contributed by atoms with Crippen molar-refractivity contribution < 1.29 is 13.2 Å². The van der Waals surface area contributed by atoms with Crippen LogP contribution in [0.3, 0.4) is 0 Å². The number of hydrogen-bond acceptors (Lipinski definition) is 4. The van der Waals surface area contributed by atoms with E-state index in [4.69, 9.17) is 45.3 Å². The molecule has 0 aliphatic heterocycles. The molecule has 3 N–H and O–H groups in total. The molecule has 9 heteroatoms. The average molecular weight is 424 g/mol. The van der Waals surface area contributed by atoms with E-state index in [1.54, 1.807) is 24.3 Å².